The van der Waals surface area contributed by atoms with Gasteiger partial charge in [0.15, 0.2) is 10.3 Å². The lowest BCUT2D eigenvalue weighted by Crippen LogP contribution is -2.17. The number of carbonyl (C=O) groups is 2. The molecule has 0 unspecified atom stereocenters. The van der Waals surface area contributed by atoms with Gasteiger partial charge in [0.1, 0.15) is 11.6 Å². The van der Waals surface area contributed by atoms with Crippen molar-refractivity contribution in [2.24, 2.45) is 7.05 Å². The van der Waals surface area contributed by atoms with Gasteiger partial charge in [-0.25, -0.2) is 9.37 Å². The van der Waals surface area contributed by atoms with Crippen LogP contribution in [0.5, 0.6) is 0 Å². The van der Waals surface area contributed by atoms with Crippen LogP contribution in [0.4, 0.5) is 15.2 Å². The molecule has 1 aromatic carbocycles. The predicted molar refractivity (Wildman–Crippen MR) is 111 cm³/mol. The summed E-state index contributed by atoms with van der Waals surface area (Å²) >= 11 is 8.26. The van der Waals surface area contributed by atoms with E-state index in [0.29, 0.717) is 21.8 Å². The second-order valence-electron chi connectivity index (χ2n) is 5.94. The van der Waals surface area contributed by atoms with Gasteiger partial charge in [-0.1, -0.05) is 23.4 Å². The number of nitrogens with zero attached hydrogens (tertiary/aromatic N) is 4. The zero-order chi connectivity index (χ0) is 21.0. The molecule has 3 rings (SSSR count). The largest absolute Gasteiger partial charge is 0.326 e. The van der Waals surface area contributed by atoms with Crippen LogP contribution in [0.25, 0.3) is 0 Å². The zero-order valence-electron chi connectivity index (χ0n) is 15.4. The highest BCUT2D eigenvalue weighted by atomic mass is 35.5. The lowest BCUT2D eigenvalue weighted by molar-refractivity contribution is -0.116. The van der Waals surface area contributed by atoms with Crippen molar-refractivity contribution in [3.8, 4) is 0 Å². The standard InChI is InChI=1S/C17H16ClFN6O2S2/c1-9-7-28-16(20-9)22-15(27)8-29-17-24-23-13(25(17)2)6-14(26)21-10-3-4-12(19)11(18)5-10/h3-5,7H,6,8H2,1-2H3,(H,21,26)(H,20,22,27). The van der Waals surface area contributed by atoms with Crippen LogP contribution in [0.15, 0.2) is 28.7 Å². The van der Waals surface area contributed by atoms with E-state index in [1.54, 1.807) is 11.6 Å². The molecule has 2 aromatic heterocycles. The monoisotopic (exact) mass is 454 g/mol. The van der Waals surface area contributed by atoms with E-state index >= 15 is 0 Å². The number of rotatable bonds is 7. The Morgan fingerprint density at radius 1 is 1.28 bits per heavy atom. The number of carbonyl (C=O) groups excluding carboxylic acids is 2. The molecular weight excluding hydrogens is 439 g/mol. The SMILES string of the molecule is Cc1csc(NC(=O)CSc2nnc(CC(=O)Nc3ccc(F)c(Cl)c3)n2C)n1. The molecule has 2 N–H and O–H groups in total. The van der Waals surface area contributed by atoms with E-state index < -0.39 is 5.82 Å². The van der Waals surface area contributed by atoms with Gasteiger partial charge in [0.05, 0.1) is 22.9 Å². The molecule has 2 amide bonds. The molecule has 2 heterocycles. The van der Waals surface area contributed by atoms with Crippen molar-refractivity contribution >= 4 is 57.3 Å². The number of aromatic nitrogens is 4. The minimum absolute atomic E-state index is 0.0381. The molecule has 3 aromatic rings. The number of thioether (sulfide) groups is 1. The molecule has 152 valence electrons. The van der Waals surface area contributed by atoms with Gasteiger partial charge in [-0.3, -0.25) is 9.59 Å². The fourth-order valence-corrected chi connectivity index (χ4v) is 3.86. The fourth-order valence-electron chi connectivity index (χ4n) is 2.24. The Kier molecular flexibility index (Phi) is 6.83. The van der Waals surface area contributed by atoms with E-state index in [1.165, 1.54) is 41.3 Å². The Balaban J connectivity index is 1.53. The molecule has 0 saturated carbocycles. The van der Waals surface area contributed by atoms with Crippen molar-refractivity contribution in [2.75, 3.05) is 16.4 Å². The quantitative estimate of drug-likeness (QED) is 0.531. The molecule has 0 aliphatic heterocycles. The molecule has 0 fully saturated rings. The minimum atomic E-state index is -0.561. The highest BCUT2D eigenvalue weighted by molar-refractivity contribution is 7.99. The topological polar surface area (TPSA) is 102 Å². The first-order valence-corrected chi connectivity index (χ1v) is 10.5. The average molecular weight is 455 g/mol. The lowest BCUT2D eigenvalue weighted by Gasteiger charge is -2.06. The summed E-state index contributed by atoms with van der Waals surface area (Å²) in [5.74, 6) is -0.565. The number of halogens is 2. The van der Waals surface area contributed by atoms with E-state index in [-0.39, 0.29) is 29.0 Å². The van der Waals surface area contributed by atoms with Gasteiger partial charge in [-0.2, -0.15) is 0 Å². The number of amides is 2. The number of thiazole rings is 1. The summed E-state index contributed by atoms with van der Waals surface area (Å²) in [6.45, 7) is 1.85. The number of aryl methyl sites for hydroxylation is 1. The first kappa shape index (κ1) is 21.2. The minimum Gasteiger partial charge on any atom is -0.326 e. The fraction of sp³-hybridized carbons (Fsp3) is 0.235. The third kappa shape index (κ3) is 5.75. The molecule has 0 aliphatic carbocycles. The second kappa shape index (κ2) is 9.33. The Bertz CT molecular complexity index is 1050. The van der Waals surface area contributed by atoms with Crippen molar-refractivity contribution in [1.29, 1.82) is 0 Å². The number of hydrogen-bond donors (Lipinski definition) is 2. The van der Waals surface area contributed by atoms with Crippen LogP contribution in [-0.4, -0.2) is 37.3 Å². The van der Waals surface area contributed by atoms with Gasteiger partial charge < -0.3 is 15.2 Å². The lowest BCUT2D eigenvalue weighted by atomic mass is 10.3. The van der Waals surface area contributed by atoms with E-state index in [2.05, 4.69) is 25.8 Å². The third-order valence-corrected chi connectivity index (χ3v) is 5.83. The maximum absolute atomic E-state index is 13.2. The molecule has 8 nitrogen and oxygen atoms in total. The second-order valence-corrected chi connectivity index (χ2v) is 8.15. The molecular formula is C17H16ClFN6O2S2. The van der Waals surface area contributed by atoms with Gasteiger partial charge in [0, 0.05) is 18.1 Å². The van der Waals surface area contributed by atoms with Crippen molar-refractivity contribution < 1.29 is 14.0 Å². The van der Waals surface area contributed by atoms with Crippen LogP contribution >= 0.6 is 34.7 Å². The first-order chi connectivity index (χ1) is 13.8. The number of anilines is 2. The molecule has 0 saturated heterocycles. The summed E-state index contributed by atoms with van der Waals surface area (Å²) in [5, 5.41) is 16.2. The number of hydrogen-bond acceptors (Lipinski definition) is 7. The third-order valence-electron chi connectivity index (χ3n) is 3.64. The molecule has 29 heavy (non-hydrogen) atoms. The Labute approximate surface area is 178 Å². The number of benzene rings is 1. The predicted octanol–water partition coefficient (Wildman–Crippen LogP) is 3.28. The Morgan fingerprint density at radius 2 is 2.07 bits per heavy atom. The maximum Gasteiger partial charge on any atom is 0.236 e. The van der Waals surface area contributed by atoms with Gasteiger partial charge in [-0.05, 0) is 25.1 Å². The molecule has 0 aliphatic rings. The summed E-state index contributed by atoms with van der Waals surface area (Å²) in [7, 11) is 1.71. The Hall–Kier alpha value is -2.50. The van der Waals surface area contributed by atoms with Crippen LogP contribution in [-0.2, 0) is 23.1 Å². The van der Waals surface area contributed by atoms with E-state index in [1.807, 2.05) is 12.3 Å². The Morgan fingerprint density at radius 3 is 2.76 bits per heavy atom. The van der Waals surface area contributed by atoms with E-state index in [0.717, 1.165) is 5.69 Å². The molecule has 0 spiro atoms. The molecule has 0 atom stereocenters. The van der Waals surface area contributed by atoms with E-state index in [4.69, 9.17) is 11.6 Å². The first-order valence-electron chi connectivity index (χ1n) is 8.30. The smallest absolute Gasteiger partial charge is 0.236 e. The van der Waals surface area contributed by atoms with Crippen LogP contribution < -0.4 is 10.6 Å². The molecule has 12 heteroatoms. The maximum atomic E-state index is 13.2. The summed E-state index contributed by atoms with van der Waals surface area (Å²) < 4.78 is 14.8. The summed E-state index contributed by atoms with van der Waals surface area (Å²) in [6, 6.07) is 3.92. The highest BCUT2D eigenvalue weighted by Gasteiger charge is 2.15. The van der Waals surface area contributed by atoms with Crippen LogP contribution in [0.1, 0.15) is 11.5 Å². The van der Waals surface area contributed by atoms with Crippen molar-refractivity contribution in [3.05, 3.63) is 45.9 Å². The number of nitrogens with one attached hydrogen (secondary N) is 2. The van der Waals surface area contributed by atoms with Crippen molar-refractivity contribution in [2.45, 2.75) is 18.5 Å². The van der Waals surface area contributed by atoms with Crippen molar-refractivity contribution in [3.63, 3.8) is 0 Å². The van der Waals surface area contributed by atoms with E-state index in [9.17, 15) is 14.0 Å². The van der Waals surface area contributed by atoms with Crippen LogP contribution in [0.3, 0.4) is 0 Å². The molecule has 0 bridgehead atoms. The van der Waals surface area contributed by atoms with Crippen LogP contribution in [0.2, 0.25) is 5.02 Å². The van der Waals surface area contributed by atoms with Gasteiger partial charge in [-0.15, -0.1) is 21.5 Å². The summed E-state index contributed by atoms with van der Waals surface area (Å²) in [4.78, 5) is 28.4. The molecule has 0 radical (unpaired) electrons. The van der Waals surface area contributed by atoms with Gasteiger partial charge in [0.2, 0.25) is 11.8 Å². The summed E-state index contributed by atoms with van der Waals surface area (Å²) in [5.41, 5.74) is 1.23. The van der Waals surface area contributed by atoms with Gasteiger partial charge in [0.25, 0.3) is 0 Å². The normalized spacial score (nSPS) is 10.8. The van der Waals surface area contributed by atoms with Crippen molar-refractivity contribution in [1.82, 2.24) is 19.7 Å². The summed E-state index contributed by atoms with van der Waals surface area (Å²) in [6.07, 6.45) is -0.0381. The van der Waals surface area contributed by atoms with Crippen LogP contribution in [0, 0.1) is 12.7 Å². The average Bonchev–Trinajstić information content (AvgIpc) is 3.22. The highest BCUT2D eigenvalue weighted by Crippen LogP contribution is 2.20. The van der Waals surface area contributed by atoms with Gasteiger partial charge >= 0.3 is 0 Å². The zero-order valence-corrected chi connectivity index (χ0v) is 17.8.